The Morgan fingerprint density at radius 2 is 2.43 bits per heavy atom. The van der Waals surface area contributed by atoms with E-state index < -0.39 is 0 Å². The van der Waals surface area contributed by atoms with Crippen LogP contribution < -0.4 is 5.32 Å². The van der Waals surface area contributed by atoms with Gasteiger partial charge in [-0.3, -0.25) is 0 Å². The van der Waals surface area contributed by atoms with Crippen LogP contribution in [-0.2, 0) is 0 Å². The summed E-state index contributed by atoms with van der Waals surface area (Å²) >= 11 is 3.04. The fourth-order valence-electron chi connectivity index (χ4n) is 0.824. The van der Waals surface area contributed by atoms with Gasteiger partial charge in [0.2, 0.25) is 0 Å². The first-order valence-electron chi connectivity index (χ1n) is 4.49. The Bertz CT molecular complexity index is 241. The van der Waals surface area contributed by atoms with Gasteiger partial charge in [0, 0.05) is 18.3 Å². The number of rotatable bonds is 6. The molecule has 1 atom stereocenters. The molecule has 4 nitrogen and oxygen atoms in total. The van der Waals surface area contributed by atoms with Crippen molar-refractivity contribution in [3.05, 3.63) is 5.51 Å². The predicted molar refractivity (Wildman–Crippen MR) is 59.8 cm³/mol. The molecule has 0 amide bonds. The van der Waals surface area contributed by atoms with E-state index in [-0.39, 0.29) is 6.10 Å². The van der Waals surface area contributed by atoms with Gasteiger partial charge in [-0.2, -0.15) is 0 Å². The average Bonchev–Trinajstić information content (AvgIpc) is 2.63. The fraction of sp³-hybridized carbons (Fsp3) is 0.750. The van der Waals surface area contributed by atoms with Gasteiger partial charge in [-0.25, -0.2) is 0 Å². The van der Waals surface area contributed by atoms with E-state index in [1.165, 1.54) is 11.3 Å². The number of aliphatic hydroxyl groups is 1. The molecular formula is C8H15N3OS2. The Balaban J connectivity index is 2.12. The van der Waals surface area contributed by atoms with Crippen LogP contribution in [0.2, 0.25) is 0 Å². The SMILES string of the molecule is CC(C)NCC(O)CSc1nncs1. The van der Waals surface area contributed by atoms with Crippen molar-refractivity contribution in [3.8, 4) is 0 Å². The lowest BCUT2D eigenvalue weighted by molar-refractivity contribution is 0.192. The highest BCUT2D eigenvalue weighted by Crippen LogP contribution is 2.19. The summed E-state index contributed by atoms with van der Waals surface area (Å²) in [6, 6.07) is 0.413. The van der Waals surface area contributed by atoms with E-state index in [1.807, 2.05) is 0 Å². The van der Waals surface area contributed by atoms with Crippen molar-refractivity contribution in [1.29, 1.82) is 0 Å². The van der Waals surface area contributed by atoms with Gasteiger partial charge in [0.1, 0.15) is 5.51 Å². The molecule has 0 aliphatic carbocycles. The number of nitrogens with zero attached hydrogens (tertiary/aromatic N) is 2. The zero-order valence-electron chi connectivity index (χ0n) is 8.30. The van der Waals surface area contributed by atoms with Gasteiger partial charge in [-0.05, 0) is 0 Å². The molecule has 0 spiro atoms. The second kappa shape index (κ2) is 6.34. The van der Waals surface area contributed by atoms with Crippen molar-refractivity contribution in [3.63, 3.8) is 0 Å². The molecule has 2 N–H and O–H groups in total. The number of nitrogens with one attached hydrogen (secondary N) is 1. The molecule has 0 aliphatic rings. The lowest BCUT2D eigenvalue weighted by Gasteiger charge is -2.12. The third kappa shape index (κ3) is 4.90. The van der Waals surface area contributed by atoms with E-state index in [4.69, 9.17) is 0 Å². The molecule has 0 radical (unpaired) electrons. The van der Waals surface area contributed by atoms with Crippen molar-refractivity contribution in [2.75, 3.05) is 12.3 Å². The molecule has 0 saturated carbocycles. The molecular weight excluding hydrogens is 218 g/mol. The monoisotopic (exact) mass is 233 g/mol. The highest BCUT2D eigenvalue weighted by atomic mass is 32.2. The highest BCUT2D eigenvalue weighted by molar-refractivity contribution is 8.01. The summed E-state index contributed by atoms with van der Waals surface area (Å²) < 4.78 is 0.911. The van der Waals surface area contributed by atoms with Gasteiger partial charge < -0.3 is 10.4 Å². The quantitative estimate of drug-likeness (QED) is 0.718. The first-order valence-corrected chi connectivity index (χ1v) is 6.35. The number of thioether (sulfide) groups is 1. The minimum absolute atomic E-state index is 0.328. The molecule has 14 heavy (non-hydrogen) atoms. The molecule has 0 fully saturated rings. The van der Waals surface area contributed by atoms with Crippen LogP contribution in [0.4, 0.5) is 0 Å². The number of aliphatic hydroxyl groups excluding tert-OH is 1. The van der Waals surface area contributed by atoms with E-state index in [0.29, 0.717) is 18.3 Å². The molecule has 1 aromatic heterocycles. The molecule has 80 valence electrons. The number of hydrogen-bond donors (Lipinski definition) is 2. The maximum atomic E-state index is 9.57. The Kier molecular flexibility index (Phi) is 5.39. The smallest absolute Gasteiger partial charge is 0.174 e. The van der Waals surface area contributed by atoms with Crippen molar-refractivity contribution in [2.24, 2.45) is 0 Å². The molecule has 0 aromatic carbocycles. The summed E-state index contributed by atoms with van der Waals surface area (Å²) in [5.41, 5.74) is 1.70. The van der Waals surface area contributed by atoms with Gasteiger partial charge >= 0.3 is 0 Å². The van der Waals surface area contributed by atoms with Crippen molar-refractivity contribution >= 4 is 23.1 Å². The van der Waals surface area contributed by atoms with Crippen molar-refractivity contribution in [1.82, 2.24) is 15.5 Å². The highest BCUT2D eigenvalue weighted by Gasteiger charge is 2.06. The van der Waals surface area contributed by atoms with Crippen LogP contribution in [0, 0.1) is 0 Å². The minimum Gasteiger partial charge on any atom is -0.391 e. The summed E-state index contributed by atoms with van der Waals surface area (Å²) in [6.07, 6.45) is -0.328. The largest absolute Gasteiger partial charge is 0.391 e. The Labute approximate surface area is 92.1 Å². The van der Waals surface area contributed by atoms with Gasteiger partial charge in [0.15, 0.2) is 4.34 Å². The molecule has 1 heterocycles. The molecule has 0 bridgehead atoms. The predicted octanol–water partition coefficient (Wildman–Crippen LogP) is 0.989. The second-order valence-corrected chi connectivity index (χ2v) is 5.33. The summed E-state index contributed by atoms with van der Waals surface area (Å²) in [6.45, 7) is 4.75. The average molecular weight is 233 g/mol. The molecule has 0 aliphatic heterocycles. The Hall–Kier alpha value is -0.170. The zero-order valence-corrected chi connectivity index (χ0v) is 9.94. The molecule has 0 saturated heterocycles. The van der Waals surface area contributed by atoms with Crippen LogP contribution in [0.3, 0.4) is 0 Å². The van der Waals surface area contributed by atoms with E-state index in [2.05, 4.69) is 29.4 Å². The van der Waals surface area contributed by atoms with E-state index in [0.717, 1.165) is 4.34 Å². The van der Waals surface area contributed by atoms with Crippen molar-refractivity contribution in [2.45, 2.75) is 30.3 Å². The summed E-state index contributed by atoms with van der Waals surface area (Å²) in [5.74, 6) is 0.662. The maximum Gasteiger partial charge on any atom is 0.174 e. The van der Waals surface area contributed by atoms with Crippen LogP contribution in [0.15, 0.2) is 9.85 Å². The maximum absolute atomic E-state index is 9.57. The molecule has 1 aromatic rings. The topological polar surface area (TPSA) is 58.0 Å². The normalized spacial score (nSPS) is 13.4. The lowest BCUT2D eigenvalue weighted by atomic mass is 10.3. The van der Waals surface area contributed by atoms with Gasteiger partial charge in [-0.1, -0.05) is 36.9 Å². The van der Waals surface area contributed by atoms with Gasteiger partial charge in [0.05, 0.1) is 6.10 Å². The Morgan fingerprint density at radius 1 is 1.64 bits per heavy atom. The summed E-state index contributed by atoms with van der Waals surface area (Å²) in [7, 11) is 0. The zero-order chi connectivity index (χ0) is 10.4. The van der Waals surface area contributed by atoms with Crippen LogP contribution in [0.25, 0.3) is 0 Å². The molecule has 1 unspecified atom stereocenters. The molecule has 6 heteroatoms. The van der Waals surface area contributed by atoms with Crippen molar-refractivity contribution < 1.29 is 5.11 Å². The van der Waals surface area contributed by atoms with E-state index in [9.17, 15) is 5.11 Å². The van der Waals surface area contributed by atoms with Crippen LogP contribution in [-0.4, -0.2) is 39.7 Å². The number of aromatic nitrogens is 2. The Morgan fingerprint density at radius 3 is 3.00 bits per heavy atom. The van der Waals surface area contributed by atoms with Crippen LogP contribution >= 0.6 is 23.1 Å². The third-order valence-corrected chi connectivity index (χ3v) is 3.51. The van der Waals surface area contributed by atoms with Gasteiger partial charge in [0.25, 0.3) is 0 Å². The van der Waals surface area contributed by atoms with E-state index in [1.54, 1.807) is 17.3 Å². The number of hydrogen-bond acceptors (Lipinski definition) is 6. The minimum atomic E-state index is -0.328. The fourth-order valence-corrected chi connectivity index (χ4v) is 2.27. The third-order valence-electron chi connectivity index (χ3n) is 1.50. The van der Waals surface area contributed by atoms with Gasteiger partial charge in [-0.15, -0.1) is 10.2 Å². The van der Waals surface area contributed by atoms with Crippen LogP contribution in [0.5, 0.6) is 0 Å². The standard InChI is InChI=1S/C8H15N3OS2/c1-6(2)9-3-7(12)4-13-8-11-10-5-14-8/h5-7,9,12H,3-4H2,1-2H3. The summed E-state index contributed by atoms with van der Waals surface area (Å²) in [4.78, 5) is 0. The molecule has 1 rings (SSSR count). The second-order valence-electron chi connectivity index (χ2n) is 3.23. The van der Waals surface area contributed by atoms with E-state index >= 15 is 0 Å². The van der Waals surface area contributed by atoms with Crippen LogP contribution in [0.1, 0.15) is 13.8 Å². The summed E-state index contributed by atoms with van der Waals surface area (Å²) in [5, 5.41) is 20.4. The first-order chi connectivity index (χ1) is 6.68. The lowest BCUT2D eigenvalue weighted by Crippen LogP contribution is -2.33. The first kappa shape index (κ1) is 11.9.